The van der Waals surface area contributed by atoms with Gasteiger partial charge in [0.2, 0.25) is 59.1 Å². The van der Waals surface area contributed by atoms with Crippen molar-refractivity contribution >= 4 is 101 Å². The molecule has 2 aromatic heterocycles. The van der Waals surface area contributed by atoms with Crippen LogP contribution in [0.15, 0.2) is 78.3 Å². The van der Waals surface area contributed by atoms with Gasteiger partial charge in [0.15, 0.2) is 5.96 Å². The minimum atomic E-state index is -1.42. The number of H-pyrrole nitrogens is 2. The standard InChI is InChI=1S/C52H74N16O10S2/c1-5-6-16-36(62-30(4)69)46(73)68-42(26-80)51(78)61-28(2)44(71)64-40(22-33-24-56-27-59-33)50(77)65-38(20-31-13-8-7-9-14-31)49(76)63-37(18-12-19-57-52(54)55)47(74)66-39(21-32-23-58-35-17-11-10-15-34(32)35)48(75)60-29(3)45(72)67-41(25-79)43(53)70/h7-11,13-15,17,23-24,27-29,36-42,58,79-80H,5-6,12,16,18-22,25-26H2,1-4H3,(H2,53,70)(H,56,59)(H,60,75)(H,61,78)(H,62,69)(H,63,76)(H,64,71)(H,65,77)(H,66,74)(H,67,72)(H,68,73)(H4,54,55,57)/t28-,29-,36+,37+,38-,39+,40+,41+,42+/m1/s1. The Morgan fingerprint density at radius 2 is 1.05 bits per heavy atom. The number of imidazole rings is 1. The molecule has 0 saturated carbocycles. The number of benzene rings is 2. The molecule has 0 aliphatic rings. The maximum atomic E-state index is 14.7. The largest absolute Gasteiger partial charge is 0.370 e. The van der Waals surface area contributed by atoms with Crippen LogP contribution in [0.25, 0.3) is 10.9 Å². The summed E-state index contributed by atoms with van der Waals surface area (Å²) in [5.41, 5.74) is 18.9. The number of aromatic nitrogens is 3. The van der Waals surface area contributed by atoms with Crippen LogP contribution in [-0.2, 0) is 67.2 Å². The lowest BCUT2D eigenvalue weighted by molar-refractivity contribution is -0.135. The molecule has 2 aromatic carbocycles. The first kappa shape index (κ1) is 64.4. The maximum Gasteiger partial charge on any atom is 0.244 e. The summed E-state index contributed by atoms with van der Waals surface area (Å²) in [4.78, 5) is 149. The van der Waals surface area contributed by atoms with Crippen molar-refractivity contribution in [2.75, 3.05) is 18.1 Å². The van der Waals surface area contributed by atoms with Crippen LogP contribution >= 0.6 is 25.3 Å². The van der Waals surface area contributed by atoms with Crippen molar-refractivity contribution in [1.82, 2.24) is 62.8 Å². The van der Waals surface area contributed by atoms with Crippen LogP contribution in [0.5, 0.6) is 0 Å². The normalized spacial score (nSPS) is 14.4. The van der Waals surface area contributed by atoms with Crippen LogP contribution < -0.4 is 65.1 Å². The number of hydrogen-bond donors (Lipinski definition) is 16. The minimum absolute atomic E-state index is 0.0343. The first-order valence-electron chi connectivity index (χ1n) is 26.0. The number of nitrogens with zero attached hydrogens (tertiary/aromatic N) is 2. The minimum Gasteiger partial charge on any atom is -0.370 e. The molecule has 4 aromatic rings. The van der Waals surface area contributed by atoms with E-state index in [0.29, 0.717) is 29.7 Å². The van der Waals surface area contributed by atoms with Gasteiger partial charge in [-0.05, 0) is 50.3 Å². The molecule has 17 N–H and O–H groups in total. The Balaban J connectivity index is 1.62. The molecule has 0 aliphatic carbocycles. The molecule has 28 heteroatoms. The zero-order valence-electron chi connectivity index (χ0n) is 45.0. The highest BCUT2D eigenvalue weighted by Gasteiger charge is 2.35. The number of carbonyl (C=O) groups is 10. The van der Waals surface area contributed by atoms with Crippen molar-refractivity contribution in [2.24, 2.45) is 22.2 Å². The number of hydrogen-bond acceptors (Lipinski definition) is 14. The van der Waals surface area contributed by atoms with Crippen molar-refractivity contribution in [3.05, 3.63) is 90.1 Å². The summed E-state index contributed by atoms with van der Waals surface area (Å²) >= 11 is 8.30. The number of unbranched alkanes of at least 4 members (excludes halogenated alkanes) is 1. The van der Waals surface area contributed by atoms with E-state index >= 15 is 0 Å². The lowest BCUT2D eigenvalue weighted by Gasteiger charge is -2.27. The van der Waals surface area contributed by atoms with E-state index in [-0.39, 0.29) is 56.1 Å². The number of nitrogens with one attached hydrogen (secondary N) is 11. The lowest BCUT2D eigenvalue weighted by Crippen LogP contribution is -2.61. The molecular formula is C52H74N16O10S2. The van der Waals surface area contributed by atoms with Gasteiger partial charge in [-0.15, -0.1) is 0 Å². The van der Waals surface area contributed by atoms with Gasteiger partial charge in [0.25, 0.3) is 0 Å². The van der Waals surface area contributed by atoms with Crippen LogP contribution in [0.4, 0.5) is 0 Å². The summed E-state index contributed by atoms with van der Waals surface area (Å²) in [5, 5.41) is 24.3. The number of aromatic amines is 2. The van der Waals surface area contributed by atoms with Gasteiger partial charge in [-0.25, -0.2) is 4.98 Å². The predicted molar refractivity (Wildman–Crippen MR) is 305 cm³/mol. The number of thiol groups is 2. The molecule has 80 heavy (non-hydrogen) atoms. The number of guanidine groups is 1. The fraction of sp³-hybridized carbons (Fsp3) is 0.462. The van der Waals surface area contributed by atoms with Crippen LogP contribution in [0.1, 0.15) is 76.6 Å². The zero-order chi connectivity index (χ0) is 58.9. The van der Waals surface area contributed by atoms with Crippen molar-refractivity contribution < 1.29 is 47.9 Å². The number of rotatable bonds is 33. The Labute approximate surface area is 473 Å². The van der Waals surface area contributed by atoms with E-state index in [9.17, 15) is 47.9 Å². The second-order valence-electron chi connectivity index (χ2n) is 19.0. The van der Waals surface area contributed by atoms with E-state index in [1.807, 2.05) is 25.1 Å². The highest BCUT2D eigenvalue weighted by molar-refractivity contribution is 7.80. The Morgan fingerprint density at radius 3 is 1.61 bits per heavy atom. The van der Waals surface area contributed by atoms with Gasteiger partial charge in [-0.3, -0.25) is 52.9 Å². The fourth-order valence-corrected chi connectivity index (χ4v) is 8.68. The summed E-state index contributed by atoms with van der Waals surface area (Å²) in [6.45, 7) is 5.96. The summed E-state index contributed by atoms with van der Waals surface area (Å²) in [7, 11) is 0. The van der Waals surface area contributed by atoms with E-state index < -0.39 is 113 Å². The fourth-order valence-electron chi connectivity index (χ4n) is 8.15. The Hall–Kier alpha value is -8.14. The molecule has 4 rings (SSSR count). The van der Waals surface area contributed by atoms with Gasteiger partial charge >= 0.3 is 0 Å². The number of aliphatic imine (C=N–C) groups is 1. The SMILES string of the molecule is CCCC[C@H](NC(C)=O)C(=O)N[C@@H](CS)C(=O)N[C@H](C)C(=O)N[C@@H](Cc1cnc[nH]1)C(=O)N[C@H](Cc1ccccc1)C(=O)N[C@@H](CCCN=C(N)N)C(=O)N[C@@H](Cc1c[nH]c2ccccc12)C(=O)N[C@H](C)C(=O)N[C@@H](CS)C(N)=O. The van der Waals surface area contributed by atoms with Gasteiger partial charge in [0, 0.05) is 73.2 Å². The molecule has 0 fully saturated rings. The molecule has 2 heterocycles. The molecule has 0 radical (unpaired) electrons. The molecule has 0 saturated heterocycles. The number of fused-ring (bicyclic) bond motifs is 1. The monoisotopic (exact) mass is 1150 g/mol. The van der Waals surface area contributed by atoms with Gasteiger partial charge < -0.3 is 75.0 Å². The average Bonchev–Trinajstić information content (AvgIpc) is 4.10. The molecule has 0 bridgehead atoms. The number of para-hydroxylation sites is 1. The van der Waals surface area contributed by atoms with Gasteiger partial charge in [0.05, 0.1) is 6.33 Å². The summed E-state index contributed by atoms with van der Waals surface area (Å²) in [5.74, 6) is -8.06. The van der Waals surface area contributed by atoms with Crippen LogP contribution in [-0.4, -0.2) is 152 Å². The van der Waals surface area contributed by atoms with E-state index in [0.717, 1.165) is 17.3 Å². The van der Waals surface area contributed by atoms with Gasteiger partial charge in [-0.2, -0.15) is 25.3 Å². The number of amides is 10. The molecule has 10 amide bonds. The first-order chi connectivity index (χ1) is 38.1. The summed E-state index contributed by atoms with van der Waals surface area (Å²) in [6, 6.07) is 4.50. The van der Waals surface area contributed by atoms with E-state index in [4.69, 9.17) is 17.2 Å². The number of primary amides is 1. The summed E-state index contributed by atoms with van der Waals surface area (Å²) < 4.78 is 0. The van der Waals surface area contributed by atoms with Gasteiger partial charge in [0.1, 0.15) is 54.4 Å². The van der Waals surface area contributed by atoms with Crippen LogP contribution in [0, 0.1) is 0 Å². The second-order valence-corrected chi connectivity index (χ2v) is 19.7. The first-order valence-corrected chi connectivity index (χ1v) is 27.2. The highest BCUT2D eigenvalue weighted by atomic mass is 32.1. The van der Waals surface area contributed by atoms with Crippen molar-refractivity contribution in [3.8, 4) is 0 Å². The number of carbonyl (C=O) groups excluding carboxylic acids is 10. The van der Waals surface area contributed by atoms with Crippen molar-refractivity contribution in [2.45, 2.75) is 133 Å². The highest BCUT2D eigenvalue weighted by Crippen LogP contribution is 2.20. The third-order valence-corrected chi connectivity index (χ3v) is 13.3. The Kier molecular flexibility index (Phi) is 26.3. The smallest absolute Gasteiger partial charge is 0.244 e. The molecule has 434 valence electrons. The van der Waals surface area contributed by atoms with E-state index in [2.05, 4.69) is 93.1 Å². The van der Waals surface area contributed by atoms with Crippen LogP contribution in [0.3, 0.4) is 0 Å². The molecule has 26 nitrogen and oxygen atoms in total. The molecule has 9 atom stereocenters. The summed E-state index contributed by atoms with van der Waals surface area (Å²) in [6.07, 6.45) is 5.81. The third kappa shape index (κ3) is 20.9. The Bertz CT molecular complexity index is 2780. The average molecular weight is 1150 g/mol. The quantitative estimate of drug-likeness (QED) is 0.0106. The third-order valence-electron chi connectivity index (χ3n) is 12.5. The molecular weight excluding hydrogens is 1070 g/mol. The second kappa shape index (κ2) is 32.7. The Morgan fingerprint density at radius 1 is 0.562 bits per heavy atom. The molecule has 0 unspecified atom stereocenters. The zero-order valence-corrected chi connectivity index (χ0v) is 46.8. The predicted octanol–water partition coefficient (Wildman–Crippen LogP) is -2.07. The topological polar surface area (TPSA) is 414 Å². The van der Waals surface area contributed by atoms with E-state index in [1.54, 1.807) is 42.6 Å². The lowest BCUT2D eigenvalue weighted by atomic mass is 10.0. The van der Waals surface area contributed by atoms with E-state index in [1.165, 1.54) is 33.3 Å². The van der Waals surface area contributed by atoms with Crippen LogP contribution in [0.2, 0.25) is 0 Å². The van der Waals surface area contributed by atoms with Crippen molar-refractivity contribution in [1.29, 1.82) is 0 Å². The van der Waals surface area contributed by atoms with Gasteiger partial charge in [-0.1, -0.05) is 68.3 Å². The number of nitrogens with two attached hydrogens (primary N) is 3. The van der Waals surface area contributed by atoms with Crippen molar-refractivity contribution in [3.63, 3.8) is 0 Å². The molecule has 0 spiro atoms. The maximum absolute atomic E-state index is 14.7. The molecule has 0 aliphatic heterocycles.